The van der Waals surface area contributed by atoms with E-state index >= 15 is 0 Å². The smallest absolute Gasteiger partial charge is 0.276 e. The number of amides is 1. The molecule has 9 nitrogen and oxygen atoms in total. The van der Waals surface area contributed by atoms with Gasteiger partial charge in [0.05, 0.1) is 29.6 Å². The number of aromatic hydroxyl groups is 1. The van der Waals surface area contributed by atoms with Gasteiger partial charge in [-0.05, 0) is 50.3 Å². The lowest BCUT2D eigenvalue weighted by Crippen LogP contribution is -2.68. The van der Waals surface area contributed by atoms with E-state index in [2.05, 4.69) is 11.5 Å². The second-order valence-electron chi connectivity index (χ2n) is 10.3. The number of hydrogen-bond donors (Lipinski definition) is 1. The third kappa shape index (κ3) is 3.08. The fourth-order valence-electron chi connectivity index (χ4n) is 7.43. The van der Waals surface area contributed by atoms with Crippen LogP contribution in [0.5, 0.6) is 11.5 Å². The summed E-state index contributed by atoms with van der Waals surface area (Å²) in [4.78, 5) is 28.9. The number of furan rings is 1. The van der Waals surface area contributed by atoms with Crippen molar-refractivity contribution in [2.45, 2.75) is 49.3 Å². The van der Waals surface area contributed by atoms with E-state index in [1.807, 2.05) is 6.08 Å². The Hall–Kier alpha value is -3.59. The van der Waals surface area contributed by atoms with Crippen molar-refractivity contribution in [1.29, 1.82) is 0 Å². The van der Waals surface area contributed by atoms with Crippen molar-refractivity contribution in [2.75, 3.05) is 20.1 Å². The Morgan fingerprint density at radius 2 is 2.28 bits per heavy atom. The summed E-state index contributed by atoms with van der Waals surface area (Å²) in [5.74, 6) is 0.237. The molecule has 6 rings (SSSR count). The minimum atomic E-state index is -0.486. The first-order valence-electron chi connectivity index (χ1n) is 12.4. The van der Waals surface area contributed by atoms with Gasteiger partial charge in [0.2, 0.25) is 5.91 Å². The molecule has 1 saturated carbocycles. The largest absolute Gasteiger partial charge is 0.504 e. The molecular weight excluding hydrogens is 462 g/mol. The van der Waals surface area contributed by atoms with E-state index in [0.717, 1.165) is 43.5 Å². The summed E-state index contributed by atoms with van der Waals surface area (Å²) in [6.45, 7) is 5.44. The molecule has 1 aromatic heterocycles. The molecule has 2 bridgehead atoms. The van der Waals surface area contributed by atoms with Gasteiger partial charge >= 0.3 is 0 Å². The average molecular weight is 492 g/mol. The standard InChI is InChI=1S/C27H29N3O6/c1-3-10-29-11-9-27-18-5-6-19(28(2)23(32)7-4-16-8-12-35-15-16)26(27)36-25-22(31)14-20(30(33)34)17(24(25)27)13-21(18)29/h3-4,7-8,12,14-15,18-19,21,26,31H,1,5-6,9-11,13H2,2H3/b7-4+/t18-,19-,21+,26-,27-/m0/s1. The monoisotopic (exact) mass is 491 g/mol. The van der Waals surface area contributed by atoms with E-state index < -0.39 is 10.3 Å². The molecule has 36 heavy (non-hydrogen) atoms. The van der Waals surface area contributed by atoms with Crippen molar-refractivity contribution in [3.63, 3.8) is 0 Å². The summed E-state index contributed by atoms with van der Waals surface area (Å²) in [7, 11) is 1.78. The van der Waals surface area contributed by atoms with Gasteiger partial charge in [-0.15, -0.1) is 6.58 Å². The predicted molar refractivity (Wildman–Crippen MR) is 132 cm³/mol. The number of nitrogens with zero attached hydrogens (tertiary/aromatic N) is 3. The van der Waals surface area contributed by atoms with Crippen LogP contribution in [0.25, 0.3) is 6.08 Å². The molecule has 5 atom stereocenters. The fraction of sp³-hybridized carbons (Fsp3) is 0.444. The van der Waals surface area contributed by atoms with Crippen molar-refractivity contribution in [3.05, 3.63) is 70.2 Å². The summed E-state index contributed by atoms with van der Waals surface area (Å²) in [5.41, 5.74) is 1.74. The molecule has 1 N–H and O–H groups in total. The maximum Gasteiger partial charge on any atom is 0.276 e. The Kier molecular flexibility index (Phi) is 5.22. The van der Waals surface area contributed by atoms with E-state index in [1.165, 1.54) is 12.1 Å². The summed E-state index contributed by atoms with van der Waals surface area (Å²) < 4.78 is 11.6. The van der Waals surface area contributed by atoms with E-state index in [1.54, 1.807) is 36.6 Å². The maximum atomic E-state index is 13.2. The summed E-state index contributed by atoms with van der Waals surface area (Å²) in [6, 6.07) is 2.90. The minimum Gasteiger partial charge on any atom is -0.504 e. The number of hydrogen-bond acceptors (Lipinski definition) is 7. The number of likely N-dealkylation sites (N-methyl/N-ethyl adjacent to an activating group) is 1. The molecule has 0 radical (unpaired) electrons. The number of piperidine rings is 1. The Morgan fingerprint density at radius 3 is 3.00 bits per heavy atom. The Bertz CT molecular complexity index is 1270. The molecule has 4 aliphatic rings. The van der Waals surface area contributed by atoms with Crippen LogP contribution < -0.4 is 4.74 Å². The first-order chi connectivity index (χ1) is 17.4. The quantitative estimate of drug-likeness (QED) is 0.284. The molecule has 1 saturated heterocycles. The van der Waals surface area contributed by atoms with Crippen LogP contribution in [0.2, 0.25) is 0 Å². The summed E-state index contributed by atoms with van der Waals surface area (Å²) >= 11 is 0. The third-order valence-corrected chi connectivity index (χ3v) is 8.87. The highest BCUT2D eigenvalue weighted by molar-refractivity contribution is 5.92. The average Bonchev–Trinajstić information content (AvgIpc) is 3.50. The molecule has 1 amide bonds. The van der Waals surface area contributed by atoms with E-state index in [4.69, 9.17) is 9.15 Å². The topological polar surface area (TPSA) is 109 Å². The highest BCUT2D eigenvalue weighted by atomic mass is 16.6. The Balaban J connectivity index is 1.43. The summed E-state index contributed by atoms with van der Waals surface area (Å²) in [5, 5.41) is 22.9. The number of nitro groups is 1. The molecule has 1 aromatic carbocycles. The van der Waals surface area contributed by atoms with Crippen molar-refractivity contribution >= 4 is 17.7 Å². The van der Waals surface area contributed by atoms with E-state index in [-0.39, 0.29) is 41.4 Å². The zero-order chi connectivity index (χ0) is 25.2. The molecule has 1 spiro atoms. The van der Waals surface area contributed by atoms with Gasteiger partial charge < -0.3 is 19.2 Å². The second-order valence-corrected chi connectivity index (χ2v) is 10.3. The van der Waals surface area contributed by atoms with Crippen LogP contribution >= 0.6 is 0 Å². The molecule has 2 aliphatic heterocycles. The Labute approximate surface area is 208 Å². The number of nitro benzene ring substituents is 1. The molecule has 2 aromatic rings. The number of phenolic OH excluding ortho intramolecular Hbond substituents is 1. The zero-order valence-electron chi connectivity index (χ0n) is 20.1. The second kappa shape index (κ2) is 8.23. The van der Waals surface area contributed by atoms with Crippen molar-refractivity contribution in [3.8, 4) is 11.5 Å². The van der Waals surface area contributed by atoms with Gasteiger partial charge in [0.1, 0.15) is 6.10 Å². The lowest BCUT2D eigenvalue weighted by Gasteiger charge is -2.60. The number of likely N-dealkylation sites (tertiary alicyclic amines) is 1. The lowest BCUT2D eigenvalue weighted by atomic mass is 9.50. The number of rotatable bonds is 6. The molecule has 9 heteroatoms. The number of ether oxygens (including phenoxy) is 1. The molecule has 188 valence electrons. The first-order valence-corrected chi connectivity index (χ1v) is 12.4. The fourth-order valence-corrected chi connectivity index (χ4v) is 7.43. The SMILES string of the molecule is C=CCN1CC[C@]23c4c5c([N+](=O)[O-])cc(O)c4O[C@H]2[C@@H](N(C)C(=O)/C=C/c2ccoc2)CC[C@H]3[C@H]1C5. The molecular formula is C27H29N3O6. The Morgan fingerprint density at radius 1 is 1.44 bits per heavy atom. The molecule has 2 fully saturated rings. The normalized spacial score (nSPS) is 30.0. The predicted octanol–water partition coefficient (Wildman–Crippen LogP) is 3.66. The van der Waals surface area contributed by atoms with Crippen LogP contribution in [0.4, 0.5) is 5.69 Å². The minimum absolute atomic E-state index is 0.0478. The van der Waals surface area contributed by atoms with Crippen molar-refractivity contribution in [1.82, 2.24) is 9.80 Å². The number of carbonyl (C=O) groups excluding carboxylic acids is 1. The molecule has 2 aliphatic carbocycles. The van der Waals surface area contributed by atoms with Gasteiger partial charge in [-0.2, -0.15) is 0 Å². The van der Waals surface area contributed by atoms with Gasteiger partial charge in [-0.3, -0.25) is 19.8 Å². The van der Waals surface area contributed by atoms with Gasteiger partial charge in [0.25, 0.3) is 5.69 Å². The number of phenols is 1. The van der Waals surface area contributed by atoms with Crippen LogP contribution in [-0.2, 0) is 16.6 Å². The van der Waals surface area contributed by atoms with Crippen LogP contribution in [0.15, 0.2) is 47.8 Å². The first kappa shape index (κ1) is 22.8. The van der Waals surface area contributed by atoms with Crippen molar-refractivity contribution in [2.24, 2.45) is 5.92 Å². The van der Waals surface area contributed by atoms with Gasteiger partial charge in [-0.1, -0.05) is 6.08 Å². The molecule has 3 heterocycles. The van der Waals surface area contributed by atoms with Gasteiger partial charge in [-0.25, -0.2) is 0 Å². The third-order valence-electron chi connectivity index (χ3n) is 8.87. The van der Waals surface area contributed by atoms with Crippen molar-refractivity contribution < 1.29 is 24.0 Å². The highest BCUT2D eigenvalue weighted by Gasteiger charge is 2.67. The van der Waals surface area contributed by atoms with Crippen LogP contribution in [-0.4, -0.2) is 64.1 Å². The highest BCUT2D eigenvalue weighted by Crippen LogP contribution is 2.65. The number of carbonyl (C=O) groups is 1. The van der Waals surface area contributed by atoms with Crippen LogP contribution in [0.3, 0.4) is 0 Å². The van der Waals surface area contributed by atoms with Crippen LogP contribution in [0.1, 0.15) is 36.0 Å². The van der Waals surface area contributed by atoms with Gasteiger partial charge in [0.15, 0.2) is 11.5 Å². The lowest BCUT2D eigenvalue weighted by molar-refractivity contribution is -0.385. The zero-order valence-corrected chi connectivity index (χ0v) is 20.1. The van der Waals surface area contributed by atoms with Gasteiger partial charge in [0, 0.05) is 47.8 Å². The van der Waals surface area contributed by atoms with E-state index in [0.29, 0.717) is 17.7 Å². The summed E-state index contributed by atoms with van der Waals surface area (Å²) in [6.07, 6.45) is 10.8. The van der Waals surface area contributed by atoms with E-state index in [9.17, 15) is 20.0 Å². The van der Waals surface area contributed by atoms with Crippen LogP contribution in [0, 0.1) is 16.0 Å². The maximum absolute atomic E-state index is 13.2. The molecule has 0 unspecified atom stereocenters. The number of benzene rings is 1.